The third-order valence-corrected chi connectivity index (χ3v) is 5.51. The predicted molar refractivity (Wildman–Crippen MR) is 114 cm³/mol. The molecule has 1 aliphatic carbocycles. The smallest absolute Gasteiger partial charge is 0.339 e. The van der Waals surface area contributed by atoms with Gasteiger partial charge in [0.05, 0.1) is 21.8 Å². The normalized spacial score (nSPS) is 13.8. The van der Waals surface area contributed by atoms with Crippen molar-refractivity contribution >= 4 is 51.7 Å². The van der Waals surface area contributed by atoms with Crippen molar-refractivity contribution in [1.82, 2.24) is 4.98 Å². The van der Waals surface area contributed by atoms with Gasteiger partial charge < -0.3 is 10.1 Å². The van der Waals surface area contributed by atoms with Gasteiger partial charge in [-0.25, -0.2) is 4.79 Å². The quantitative estimate of drug-likeness (QED) is 0.578. The molecule has 0 saturated heterocycles. The molecule has 148 valence electrons. The van der Waals surface area contributed by atoms with Crippen molar-refractivity contribution in [3.8, 4) is 0 Å². The highest BCUT2D eigenvalue weighted by Gasteiger charge is 2.27. The first kappa shape index (κ1) is 19.7. The fraction of sp³-hybridized carbons (Fsp3) is 0.227. The van der Waals surface area contributed by atoms with Crippen molar-refractivity contribution in [2.24, 2.45) is 0 Å². The number of nitrogens with one attached hydrogen (secondary N) is 1. The summed E-state index contributed by atoms with van der Waals surface area (Å²) in [6.45, 7) is 1.53. The lowest BCUT2D eigenvalue weighted by atomic mass is 10.0. The summed E-state index contributed by atoms with van der Waals surface area (Å²) in [5.74, 6) is -0.996. The van der Waals surface area contributed by atoms with Crippen LogP contribution in [0.4, 0.5) is 5.69 Å². The van der Waals surface area contributed by atoms with Crippen LogP contribution in [0.2, 0.25) is 10.0 Å². The van der Waals surface area contributed by atoms with E-state index in [4.69, 9.17) is 27.9 Å². The monoisotopic (exact) mass is 428 g/mol. The lowest BCUT2D eigenvalue weighted by Crippen LogP contribution is -2.30. The maximum absolute atomic E-state index is 13.0. The first-order valence-electron chi connectivity index (χ1n) is 9.31. The first-order valence-corrected chi connectivity index (χ1v) is 10.1. The summed E-state index contributed by atoms with van der Waals surface area (Å²) in [6, 6.07) is 12.2. The average molecular weight is 429 g/mol. The van der Waals surface area contributed by atoms with Gasteiger partial charge in [-0.3, -0.25) is 9.78 Å². The van der Waals surface area contributed by atoms with Crippen LogP contribution in [0, 0.1) is 0 Å². The standard InChI is InChI=1S/C22H18Cl2N2O3/c1-12(21(27)26-19-10-9-13(23)11-16(19)24)29-22(28)20-14-5-2-3-7-17(14)25-18-8-4-6-15(18)20/h2-3,5,7,9-12H,4,6,8H2,1H3,(H,26,27)/t12-/m0/s1. The Labute approximate surface area is 178 Å². The molecule has 4 rings (SSSR count). The summed E-state index contributed by atoms with van der Waals surface area (Å²) in [5.41, 5.74) is 3.51. The SMILES string of the molecule is C[C@H](OC(=O)c1c2c(nc3ccccc13)CCC2)C(=O)Nc1ccc(Cl)cc1Cl. The van der Waals surface area contributed by atoms with Gasteiger partial charge in [-0.05, 0) is 56.0 Å². The Balaban J connectivity index is 1.57. The van der Waals surface area contributed by atoms with Gasteiger partial charge in [-0.2, -0.15) is 0 Å². The summed E-state index contributed by atoms with van der Waals surface area (Å²) >= 11 is 12.0. The van der Waals surface area contributed by atoms with Crippen LogP contribution in [-0.4, -0.2) is 23.0 Å². The highest BCUT2D eigenvalue weighted by Crippen LogP contribution is 2.31. The predicted octanol–water partition coefficient (Wildman–Crippen LogP) is 5.21. The van der Waals surface area contributed by atoms with Gasteiger partial charge in [0.2, 0.25) is 0 Å². The van der Waals surface area contributed by atoms with Crippen LogP contribution in [0.3, 0.4) is 0 Å². The van der Waals surface area contributed by atoms with Crippen LogP contribution in [0.15, 0.2) is 42.5 Å². The number of anilines is 1. The number of hydrogen-bond donors (Lipinski definition) is 1. The fourth-order valence-corrected chi connectivity index (χ4v) is 4.00. The van der Waals surface area contributed by atoms with E-state index in [2.05, 4.69) is 10.3 Å². The highest BCUT2D eigenvalue weighted by atomic mass is 35.5. The Morgan fingerprint density at radius 2 is 1.93 bits per heavy atom. The van der Waals surface area contributed by atoms with Crippen molar-refractivity contribution in [2.45, 2.75) is 32.3 Å². The number of ether oxygens (including phenoxy) is 1. The fourth-order valence-electron chi connectivity index (χ4n) is 3.54. The second-order valence-electron chi connectivity index (χ2n) is 6.94. The summed E-state index contributed by atoms with van der Waals surface area (Å²) in [7, 11) is 0. The zero-order valence-electron chi connectivity index (χ0n) is 15.7. The molecular formula is C22H18Cl2N2O3. The molecule has 0 radical (unpaired) electrons. The molecule has 0 aliphatic heterocycles. The number of pyridine rings is 1. The van der Waals surface area contributed by atoms with E-state index in [9.17, 15) is 9.59 Å². The van der Waals surface area contributed by atoms with E-state index >= 15 is 0 Å². The van der Waals surface area contributed by atoms with Gasteiger partial charge in [0.25, 0.3) is 5.91 Å². The molecule has 1 N–H and O–H groups in total. The van der Waals surface area contributed by atoms with E-state index in [0.29, 0.717) is 21.3 Å². The molecule has 5 nitrogen and oxygen atoms in total. The number of para-hydroxylation sites is 1. The van der Waals surface area contributed by atoms with Gasteiger partial charge in [-0.15, -0.1) is 0 Å². The molecular weight excluding hydrogens is 411 g/mol. The summed E-state index contributed by atoms with van der Waals surface area (Å²) < 4.78 is 5.52. The zero-order chi connectivity index (χ0) is 20.5. The van der Waals surface area contributed by atoms with E-state index < -0.39 is 18.0 Å². The topological polar surface area (TPSA) is 68.3 Å². The number of amides is 1. The van der Waals surface area contributed by atoms with Gasteiger partial charge in [0.1, 0.15) is 0 Å². The zero-order valence-corrected chi connectivity index (χ0v) is 17.2. The van der Waals surface area contributed by atoms with E-state index in [1.54, 1.807) is 12.1 Å². The van der Waals surface area contributed by atoms with Crippen molar-refractivity contribution in [3.63, 3.8) is 0 Å². The minimum atomic E-state index is -1.00. The number of carbonyl (C=O) groups is 2. The first-order chi connectivity index (χ1) is 13.9. The molecule has 0 bridgehead atoms. The van der Waals surface area contributed by atoms with Crippen molar-refractivity contribution in [3.05, 3.63) is 69.3 Å². The van der Waals surface area contributed by atoms with Gasteiger partial charge in [0.15, 0.2) is 6.10 Å². The molecule has 2 aromatic carbocycles. The van der Waals surface area contributed by atoms with E-state index in [1.807, 2.05) is 24.3 Å². The number of benzene rings is 2. The molecule has 0 spiro atoms. The minimum Gasteiger partial charge on any atom is -0.449 e. The molecule has 0 saturated carbocycles. The van der Waals surface area contributed by atoms with Crippen LogP contribution in [0.5, 0.6) is 0 Å². The Bertz CT molecular complexity index is 1130. The maximum Gasteiger partial charge on any atom is 0.339 e. The molecule has 1 aromatic heterocycles. The molecule has 29 heavy (non-hydrogen) atoms. The Hall–Kier alpha value is -2.63. The average Bonchev–Trinajstić information content (AvgIpc) is 3.15. The molecule has 1 atom stereocenters. The third kappa shape index (κ3) is 3.93. The second kappa shape index (κ2) is 8.01. The third-order valence-electron chi connectivity index (χ3n) is 4.97. The lowest BCUT2D eigenvalue weighted by Gasteiger charge is -2.17. The Morgan fingerprint density at radius 3 is 2.72 bits per heavy atom. The number of esters is 1. The number of rotatable bonds is 4. The van der Waals surface area contributed by atoms with Crippen LogP contribution in [0.1, 0.15) is 35.0 Å². The Morgan fingerprint density at radius 1 is 1.14 bits per heavy atom. The van der Waals surface area contributed by atoms with Gasteiger partial charge >= 0.3 is 5.97 Å². The van der Waals surface area contributed by atoms with Gasteiger partial charge in [-0.1, -0.05) is 41.4 Å². The molecule has 3 aromatic rings. The van der Waals surface area contributed by atoms with Crippen molar-refractivity contribution in [2.75, 3.05) is 5.32 Å². The van der Waals surface area contributed by atoms with E-state index in [1.165, 1.54) is 13.0 Å². The number of halogens is 2. The van der Waals surface area contributed by atoms with Crippen LogP contribution in [-0.2, 0) is 22.4 Å². The molecule has 1 aliphatic rings. The summed E-state index contributed by atoms with van der Waals surface area (Å²) in [6.07, 6.45) is 1.56. The summed E-state index contributed by atoms with van der Waals surface area (Å²) in [4.78, 5) is 30.2. The van der Waals surface area contributed by atoms with Crippen molar-refractivity contribution in [1.29, 1.82) is 0 Å². The largest absolute Gasteiger partial charge is 0.449 e. The van der Waals surface area contributed by atoms with Crippen LogP contribution >= 0.6 is 23.2 Å². The van der Waals surface area contributed by atoms with Gasteiger partial charge in [0, 0.05) is 16.1 Å². The number of aromatic nitrogens is 1. The highest BCUT2D eigenvalue weighted by molar-refractivity contribution is 6.36. The van der Waals surface area contributed by atoms with E-state index in [0.717, 1.165) is 41.4 Å². The number of fused-ring (bicyclic) bond motifs is 2. The van der Waals surface area contributed by atoms with Crippen LogP contribution in [0.25, 0.3) is 10.9 Å². The minimum absolute atomic E-state index is 0.308. The maximum atomic E-state index is 13.0. The summed E-state index contributed by atoms with van der Waals surface area (Å²) in [5, 5.41) is 4.18. The number of hydrogen-bond acceptors (Lipinski definition) is 4. The molecule has 1 amide bonds. The number of aryl methyl sites for hydroxylation is 1. The molecule has 0 unspecified atom stereocenters. The number of carbonyl (C=O) groups excluding carboxylic acids is 2. The van der Waals surface area contributed by atoms with E-state index in [-0.39, 0.29) is 0 Å². The Kier molecular flexibility index (Phi) is 5.43. The molecule has 0 fully saturated rings. The van der Waals surface area contributed by atoms with Crippen molar-refractivity contribution < 1.29 is 14.3 Å². The lowest BCUT2D eigenvalue weighted by molar-refractivity contribution is -0.123. The molecule has 7 heteroatoms. The van der Waals surface area contributed by atoms with Crippen LogP contribution < -0.4 is 5.32 Å². The number of nitrogens with zero attached hydrogens (tertiary/aromatic N) is 1. The second-order valence-corrected chi connectivity index (χ2v) is 7.79. The molecule has 1 heterocycles.